The number of hydrogen-bond acceptors (Lipinski definition) is 7. The lowest BCUT2D eigenvalue weighted by Gasteiger charge is -2.29. The molecular weight excluding hydrogens is 220 g/mol. The van der Waals surface area contributed by atoms with Gasteiger partial charge in [-0.25, -0.2) is 0 Å². The lowest BCUT2D eigenvalue weighted by atomic mass is 9.96. The highest BCUT2D eigenvalue weighted by Crippen LogP contribution is 2.13. The van der Waals surface area contributed by atoms with Crippen LogP contribution in [0.5, 0.6) is 0 Å². The maximum atomic E-state index is 10.1. The van der Waals surface area contributed by atoms with Gasteiger partial charge in [-0.3, -0.25) is 0 Å². The summed E-state index contributed by atoms with van der Waals surface area (Å²) in [6.45, 7) is 0. The number of aliphatic hydroxyl groups is 1. The van der Waals surface area contributed by atoms with E-state index in [1.807, 2.05) is 0 Å². The average Bonchev–Trinajstić information content (AvgIpc) is 1.82. The lowest BCUT2D eigenvalue weighted by Crippen LogP contribution is -3.00. The minimum absolute atomic E-state index is 0. The molecule has 0 rings (SSSR count). The lowest BCUT2D eigenvalue weighted by molar-refractivity contribution is -0.339. The Morgan fingerprint density at radius 1 is 1.00 bits per heavy atom. The third-order valence-electron chi connectivity index (χ3n) is 1.25. The molecule has 0 aliphatic rings. The Kier molecular flexibility index (Phi) is 5.85. The largest absolute Gasteiger partial charge is 1.00 e. The molecule has 0 unspecified atom stereocenters. The Hall–Kier alpha value is -1.34. The second kappa shape index (κ2) is 5.40. The van der Waals surface area contributed by atoms with Crippen LogP contribution in [0, 0.1) is 0 Å². The van der Waals surface area contributed by atoms with E-state index in [0.717, 1.165) is 0 Å². The molecule has 0 bridgehead atoms. The molecule has 0 aliphatic carbocycles. The third kappa shape index (κ3) is 4.63. The van der Waals surface area contributed by atoms with Gasteiger partial charge in [0.05, 0.1) is 5.97 Å². The Bertz CT molecular complexity index is 233. The first-order valence-corrected chi connectivity index (χ1v) is 3.11. The number of aliphatic carboxylic acids is 3. The van der Waals surface area contributed by atoms with Crippen molar-refractivity contribution in [3.05, 3.63) is 0 Å². The fourth-order valence-corrected chi connectivity index (χ4v) is 0.684. The zero-order valence-corrected chi connectivity index (χ0v) is 7.44. The molecule has 0 saturated carbocycles. The Morgan fingerprint density at radius 3 is 1.43 bits per heavy atom. The first-order chi connectivity index (χ1) is 5.78. The van der Waals surface area contributed by atoms with Crippen LogP contribution in [-0.2, 0) is 14.4 Å². The van der Waals surface area contributed by atoms with Gasteiger partial charge in [0.25, 0.3) is 0 Å². The quantitative estimate of drug-likeness (QED) is 0.489. The Balaban J connectivity index is 0. The fraction of sp³-hybridized carbons (Fsp3) is 0.500. The number of carbonyl (C=O) groups excluding carboxylic acids is 3. The highest BCUT2D eigenvalue weighted by atomic mass is 35.5. The fourth-order valence-electron chi connectivity index (χ4n) is 0.684. The highest BCUT2D eigenvalue weighted by molar-refractivity contribution is 5.86. The van der Waals surface area contributed by atoms with Gasteiger partial charge in [0.2, 0.25) is 0 Å². The van der Waals surface area contributed by atoms with Crippen molar-refractivity contribution in [3.63, 3.8) is 0 Å². The van der Waals surface area contributed by atoms with Crippen molar-refractivity contribution >= 4 is 17.9 Å². The molecule has 0 aromatic heterocycles. The van der Waals surface area contributed by atoms with E-state index < -0.39 is 36.4 Å². The Labute approximate surface area is 84.4 Å². The molecule has 0 aromatic rings. The maximum Gasteiger partial charge on any atom is 0.114 e. The van der Waals surface area contributed by atoms with E-state index in [0.29, 0.717) is 0 Å². The van der Waals surface area contributed by atoms with Crippen LogP contribution >= 0.6 is 0 Å². The van der Waals surface area contributed by atoms with E-state index in [4.69, 9.17) is 5.11 Å². The van der Waals surface area contributed by atoms with Crippen LogP contribution in [0.4, 0.5) is 0 Å². The summed E-state index contributed by atoms with van der Waals surface area (Å²) in [6, 6.07) is 0. The molecule has 0 heterocycles. The number of carbonyl (C=O) groups is 3. The third-order valence-corrected chi connectivity index (χ3v) is 1.25. The predicted molar refractivity (Wildman–Crippen MR) is 29.2 cm³/mol. The van der Waals surface area contributed by atoms with E-state index in [1.54, 1.807) is 0 Å². The van der Waals surface area contributed by atoms with Crippen molar-refractivity contribution in [1.82, 2.24) is 0 Å². The molecule has 14 heavy (non-hydrogen) atoms. The molecule has 0 aromatic carbocycles. The van der Waals surface area contributed by atoms with E-state index in [-0.39, 0.29) is 12.4 Å². The smallest absolute Gasteiger partial charge is 0.114 e. The molecule has 0 spiro atoms. The van der Waals surface area contributed by atoms with Crippen LogP contribution in [-0.4, -0.2) is 28.6 Å². The van der Waals surface area contributed by atoms with Gasteiger partial charge in [-0.15, -0.1) is 0 Å². The van der Waals surface area contributed by atoms with Gasteiger partial charge >= 0.3 is 0 Å². The molecule has 0 fully saturated rings. The van der Waals surface area contributed by atoms with Crippen molar-refractivity contribution < 1.29 is 47.2 Å². The predicted octanol–water partition coefficient (Wildman–Crippen LogP) is -8.25. The molecule has 1 N–H and O–H groups in total. The minimum Gasteiger partial charge on any atom is -1.00 e. The van der Waals surface area contributed by atoms with Crippen molar-refractivity contribution in [2.75, 3.05) is 0 Å². The molecule has 0 amide bonds. The van der Waals surface area contributed by atoms with Crippen molar-refractivity contribution in [1.29, 1.82) is 0 Å². The average molecular weight is 225 g/mol. The summed E-state index contributed by atoms with van der Waals surface area (Å²) in [7, 11) is 0. The maximum absolute atomic E-state index is 10.1. The van der Waals surface area contributed by atoms with Crippen molar-refractivity contribution in [2.24, 2.45) is 0 Å². The summed E-state index contributed by atoms with van der Waals surface area (Å²) in [6.07, 6.45) is -2.72. The van der Waals surface area contributed by atoms with Crippen molar-refractivity contribution in [3.8, 4) is 0 Å². The van der Waals surface area contributed by atoms with Crippen LogP contribution < -0.4 is 27.7 Å². The topological polar surface area (TPSA) is 141 Å². The zero-order valence-electron chi connectivity index (χ0n) is 6.69. The van der Waals surface area contributed by atoms with Gasteiger partial charge in [0.15, 0.2) is 0 Å². The van der Waals surface area contributed by atoms with E-state index >= 15 is 0 Å². The van der Waals surface area contributed by atoms with Crippen LogP contribution in [0.3, 0.4) is 0 Å². The van der Waals surface area contributed by atoms with E-state index in [2.05, 4.69) is 0 Å². The second-order valence-electron chi connectivity index (χ2n) is 2.42. The molecule has 82 valence electrons. The molecule has 0 radical (unpaired) electrons. The molecule has 7 nitrogen and oxygen atoms in total. The Morgan fingerprint density at radius 2 is 1.29 bits per heavy atom. The van der Waals surface area contributed by atoms with Gasteiger partial charge in [-0.05, 0) is 0 Å². The summed E-state index contributed by atoms with van der Waals surface area (Å²) in [4.78, 5) is 30.0. The number of rotatable bonds is 5. The minimum atomic E-state index is -2.97. The van der Waals surface area contributed by atoms with Crippen LogP contribution in [0.1, 0.15) is 12.8 Å². The SMILES string of the molecule is O=C([O-])CC(O)(CC(=O)[O-])C(=O)[O-].[Cl-]. The standard InChI is InChI=1S/C6H8O7.ClH/c7-3(8)1-6(13,5(11)12)2-4(9)10;/h13H,1-2H2,(H,7,8)(H,9,10)(H,11,12);1H/p-4. The first kappa shape index (κ1) is 15.1. The summed E-state index contributed by atoms with van der Waals surface area (Å²) in [5.74, 6) is -5.98. The van der Waals surface area contributed by atoms with Crippen LogP contribution in [0.2, 0.25) is 0 Å². The monoisotopic (exact) mass is 224 g/mol. The van der Waals surface area contributed by atoms with Gasteiger partial charge < -0.3 is 47.2 Å². The molecule has 0 saturated heterocycles. The number of halogens is 1. The van der Waals surface area contributed by atoms with E-state index in [9.17, 15) is 29.7 Å². The van der Waals surface area contributed by atoms with Crippen LogP contribution in [0.25, 0.3) is 0 Å². The first-order valence-electron chi connectivity index (χ1n) is 3.11. The molecule has 8 heteroatoms. The molecular formula is C6H5ClO7-4. The number of carboxylic acid groups (broad SMARTS) is 3. The summed E-state index contributed by atoms with van der Waals surface area (Å²) in [5, 5.41) is 38.9. The molecule has 0 atom stereocenters. The van der Waals surface area contributed by atoms with Gasteiger partial charge in [-0.1, -0.05) is 0 Å². The number of carboxylic acids is 3. The highest BCUT2D eigenvalue weighted by Gasteiger charge is 2.29. The van der Waals surface area contributed by atoms with Gasteiger partial charge in [0, 0.05) is 24.8 Å². The summed E-state index contributed by atoms with van der Waals surface area (Å²) < 4.78 is 0. The number of hydrogen-bond donors (Lipinski definition) is 1. The van der Waals surface area contributed by atoms with Crippen molar-refractivity contribution in [2.45, 2.75) is 18.4 Å². The molecule has 0 aliphatic heterocycles. The second-order valence-corrected chi connectivity index (χ2v) is 2.42. The van der Waals surface area contributed by atoms with E-state index in [1.165, 1.54) is 0 Å². The zero-order chi connectivity index (χ0) is 10.6. The summed E-state index contributed by atoms with van der Waals surface area (Å²) in [5.41, 5.74) is -2.97. The van der Waals surface area contributed by atoms with Gasteiger partial charge in [-0.2, -0.15) is 0 Å². The van der Waals surface area contributed by atoms with Crippen LogP contribution in [0.15, 0.2) is 0 Å². The summed E-state index contributed by atoms with van der Waals surface area (Å²) >= 11 is 0. The van der Waals surface area contributed by atoms with Gasteiger partial charge in [0.1, 0.15) is 5.60 Å². The normalized spacial score (nSPS) is 10.1.